The molecule has 7 atom stereocenters. The maximum atomic E-state index is 14.6. The van der Waals surface area contributed by atoms with Crippen LogP contribution < -0.4 is 16.4 Å². The second-order valence-electron chi connectivity index (χ2n) is 19.6. The number of nitrogens with two attached hydrogens (primary N) is 1. The monoisotopic (exact) mass is 1020 g/mol. The van der Waals surface area contributed by atoms with Crippen LogP contribution in [-0.2, 0) is 55.9 Å². The number of hydrogen-bond donors (Lipinski definition) is 4. The first kappa shape index (κ1) is 59.4. The molecule has 0 saturated carbocycles. The molecule has 1 fully saturated rings. The molecule has 2 aromatic rings. The first-order chi connectivity index (χ1) is 34.4. The number of piperidine rings is 1. The molecule has 0 spiro atoms. The molecule has 18 nitrogen and oxygen atoms in total. The number of ether oxygens (including phenoxy) is 2. The summed E-state index contributed by atoms with van der Waals surface area (Å²) in [6.07, 6.45) is 9.51. The maximum Gasteiger partial charge on any atom is 0.326 e. The molecule has 19 heteroatoms. The van der Waals surface area contributed by atoms with Gasteiger partial charge in [-0.05, 0) is 88.0 Å². The normalized spacial score (nSPS) is 17.6. The van der Waals surface area contributed by atoms with Gasteiger partial charge in [-0.15, -0.1) is 11.3 Å². The number of hydrogen-bond acceptors (Lipinski definition) is 14. The van der Waals surface area contributed by atoms with Crippen LogP contribution in [0.25, 0.3) is 0 Å². The zero-order valence-corrected chi connectivity index (χ0v) is 44.2. The van der Waals surface area contributed by atoms with Crippen LogP contribution in [0.5, 0.6) is 0 Å². The van der Waals surface area contributed by atoms with E-state index in [0.29, 0.717) is 67.6 Å². The molecule has 4 rings (SSSR count). The number of methoxy groups -OCH3 is 2. The minimum atomic E-state index is -1.31. The number of thiazole rings is 1. The number of carboxylic acid groups (broad SMARTS) is 1. The Kier molecular flexibility index (Phi) is 24.8. The van der Waals surface area contributed by atoms with Crippen molar-refractivity contribution in [2.45, 2.75) is 154 Å². The molecule has 1 aromatic carbocycles. The fraction of sp³-hybridized carbons (Fsp3) is 0.642. The van der Waals surface area contributed by atoms with Gasteiger partial charge in [0, 0.05) is 82.4 Å². The Hall–Kier alpha value is -5.21. The molecule has 2 aliphatic rings. The van der Waals surface area contributed by atoms with Gasteiger partial charge in [0.05, 0.1) is 12.1 Å². The second kappa shape index (κ2) is 30.1. The zero-order chi connectivity index (χ0) is 52.9. The molecular formula is C53H79N7O11S. The number of aromatic nitrogens is 1. The molecule has 3 heterocycles. The van der Waals surface area contributed by atoms with Gasteiger partial charge in [-0.25, -0.2) is 9.78 Å². The number of amides is 5. The third-order valence-corrected chi connectivity index (χ3v) is 14.9. The topological polar surface area (TPSA) is 248 Å². The van der Waals surface area contributed by atoms with Crippen LogP contribution in [0.3, 0.4) is 0 Å². The highest BCUT2D eigenvalue weighted by Gasteiger charge is 2.39. The lowest BCUT2D eigenvalue weighted by Crippen LogP contribution is -2.50. The summed E-state index contributed by atoms with van der Waals surface area (Å²) in [5.74, 6) is -3.74. The summed E-state index contributed by atoms with van der Waals surface area (Å²) in [6.45, 7) is 9.66. The number of carbonyl (C=O) groups excluding carboxylic acids is 7. The largest absolute Gasteiger partial charge is 0.480 e. The number of rotatable bonds is 33. The highest BCUT2D eigenvalue weighted by atomic mass is 32.1. The lowest BCUT2D eigenvalue weighted by atomic mass is 9.82. The van der Waals surface area contributed by atoms with Gasteiger partial charge < -0.3 is 35.8 Å². The standard InChI is InChI=1S/C53H79N7O11S/c1-8-35(4)38(30-45(62)42-17-12-15-26-58(42)5)52(67)60(33-70-6)43(34(2)3)31-46(71-7)51-57-41(32-72-51)50(66)56-40(53(68)69)28-36-19-21-37(22-20-36)29-44(61)39(16-11-13-25-54)55-47(63)18-10-9-14-27-59-48(64)23-24-49(59)65/h19-24,32,34-35,38-40,42-43,46H,8-18,25-31,33,54H2,1-7H3,(H,55,63)(H,56,66)(H,68,69)/t35-,38-,39-,40-,42+,43+,46+/m0/s1. The van der Waals surface area contributed by atoms with E-state index in [1.54, 1.807) is 34.5 Å². The van der Waals surface area contributed by atoms with Crippen molar-refractivity contribution in [3.05, 3.63) is 63.6 Å². The number of likely N-dealkylation sites (tertiary alicyclic amines) is 1. The van der Waals surface area contributed by atoms with Crippen molar-refractivity contribution in [2.24, 2.45) is 23.5 Å². The Bertz CT molecular complexity index is 2150. The van der Waals surface area contributed by atoms with E-state index in [-0.39, 0.29) is 104 Å². The molecule has 0 radical (unpaired) electrons. The Balaban J connectivity index is 1.36. The lowest BCUT2D eigenvalue weighted by molar-refractivity contribution is -0.150. The molecule has 5 N–H and O–H groups in total. The van der Waals surface area contributed by atoms with Gasteiger partial charge in [-0.1, -0.05) is 71.2 Å². The summed E-state index contributed by atoms with van der Waals surface area (Å²) in [7, 11) is 5.04. The van der Waals surface area contributed by atoms with Crippen LogP contribution in [0.4, 0.5) is 0 Å². The second-order valence-corrected chi connectivity index (χ2v) is 20.5. The molecule has 1 saturated heterocycles. The fourth-order valence-corrected chi connectivity index (χ4v) is 10.3. The van der Waals surface area contributed by atoms with E-state index in [2.05, 4.69) is 20.5 Å². The summed E-state index contributed by atoms with van der Waals surface area (Å²) < 4.78 is 11.6. The van der Waals surface area contributed by atoms with Gasteiger partial charge in [0.25, 0.3) is 17.7 Å². The highest BCUT2D eigenvalue weighted by Crippen LogP contribution is 2.33. The van der Waals surface area contributed by atoms with Crippen molar-refractivity contribution in [3.8, 4) is 0 Å². The van der Waals surface area contributed by atoms with Crippen LogP contribution in [0.1, 0.15) is 144 Å². The molecule has 398 valence electrons. The Morgan fingerprint density at radius 3 is 2.24 bits per heavy atom. The van der Waals surface area contributed by atoms with Crippen LogP contribution >= 0.6 is 11.3 Å². The summed E-state index contributed by atoms with van der Waals surface area (Å²) in [6, 6.07) is 4.25. The number of nitrogens with zero attached hydrogens (tertiary/aromatic N) is 4. The number of likely N-dealkylation sites (N-methyl/N-ethyl adjacent to an activating group) is 1. The number of carboxylic acids is 1. The number of benzene rings is 1. The lowest BCUT2D eigenvalue weighted by Gasteiger charge is -2.39. The van der Waals surface area contributed by atoms with Crippen molar-refractivity contribution < 1.29 is 52.9 Å². The smallest absolute Gasteiger partial charge is 0.326 e. The number of ketones is 2. The minimum absolute atomic E-state index is 0.0136. The third-order valence-electron chi connectivity index (χ3n) is 14.0. The summed E-state index contributed by atoms with van der Waals surface area (Å²) >= 11 is 1.20. The van der Waals surface area contributed by atoms with Crippen LogP contribution in [-0.4, -0.2) is 144 Å². The van der Waals surface area contributed by atoms with Gasteiger partial charge in [0.1, 0.15) is 29.6 Å². The van der Waals surface area contributed by atoms with E-state index >= 15 is 0 Å². The van der Waals surface area contributed by atoms with Gasteiger partial charge in [0.2, 0.25) is 11.8 Å². The number of aliphatic carboxylic acids is 1. The maximum absolute atomic E-state index is 14.6. The summed E-state index contributed by atoms with van der Waals surface area (Å²) in [4.78, 5) is 114. The van der Waals surface area contributed by atoms with Gasteiger partial charge in [-0.2, -0.15) is 0 Å². The third kappa shape index (κ3) is 17.8. The van der Waals surface area contributed by atoms with E-state index in [4.69, 9.17) is 15.2 Å². The molecule has 2 aliphatic heterocycles. The van der Waals surface area contributed by atoms with E-state index in [1.165, 1.54) is 42.6 Å². The van der Waals surface area contributed by atoms with Gasteiger partial charge in [-0.3, -0.25) is 43.4 Å². The number of nitrogens with one attached hydrogen (secondary N) is 2. The number of imide groups is 1. The molecule has 0 aliphatic carbocycles. The van der Waals surface area contributed by atoms with Gasteiger partial charge >= 0.3 is 5.97 Å². The van der Waals surface area contributed by atoms with Crippen molar-refractivity contribution >= 4 is 58.4 Å². The molecule has 1 aromatic heterocycles. The van der Waals surface area contributed by atoms with E-state index in [9.17, 15) is 43.5 Å². The number of carbonyl (C=O) groups is 8. The Morgan fingerprint density at radius 1 is 0.931 bits per heavy atom. The van der Waals surface area contributed by atoms with E-state index in [1.807, 2.05) is 34.7 Å². The van der Waals surface area contributed by atoms with Gasteiger partial charge in [0.15, 0.2) is 11.6 Å². The van der Waals surface area contributed by atoms with Crippen LogP contribution in [0, 0.1) is 17.8 Å². The highest BCUT2D eigenvalue weighted by molar-refractivity contribution is 7.09. The molecule has 0 unspecified atom stereocenters. The Labute approximate surface area is 429 Å². The van der Waals surface area contributed by atoms with Crippen molar-refractivity contribution in [1.29, 1.82) is 0 Å². The first-order valence-electron chi connectivity index (χ1n) is 25.6. The molecule has 5 amide bonds. The summed E-state index contributed by atoms with van der Waals surface area (Å²) in [5.41, 5.74) is 6.99. The predicted molar refractivity (Wildman–Crippen MR) is 274 cm³/mol. The summed E-state index contributed by atoms with van der Waals surface area (Å²) in [5, 5.41) is 17.7. The van der Waals surface area contributed by atoms with E-state index < -0.39 is 36.0 Å². The van der Waals surface area contributed by atoms with Crippen molar-refractivity contribution in [2.75, 3.05) is 47.6 Å². The van der Waals surface area contributed by atoms with Crippen molar-refractivity contribution in [1.82, 2.24) is 30.3 Å². The average molecular weight is 1020 g/mol. The number of Topliss-reactive ketones (excluding diaryl/α,β-unsaturated/α-hetero) is 2. The average Bonchev–Trinajstić information content (AvgIpc) is 3.98. The zero-order valence-electron chi connectivity index (χ0n) is 43.4. The molecule has 0 bridgehead atoms. The molecule has 72 heavy (non-hydrogen) atoms. The predicted octanol–water partition coefficient (Wildman–Crippen LogP) is 5.42. The van der Waals surface area contributed by atoms with Crippen molar-refractivity contribution in [3.63, 3.8) is 0 Å². The molecular weight excluding hydrogens is 943 g/mol. The quantitative estimate of drug-likeness (QED) is 0.0396. The Morgan fingerprint density at radius 2 is 1.62 bits per heavy atom. The minimum Gasteiger partial charge on any atom is -0.480 e. The first-order valence-corrected chi connectivity index (χ1v) is 26.5. The SMILES string of the molecule is CC[C@H](C)[C@H](CC(=O)[C@H]1CCCCN1C)C(=O)N(COC)[C@H](C[C@@H](OC)c1nc(C(=O)N[C@@H](Cc2ccc(CC(=O)[C@H](CCCCN)NC(=O)CCCCCN3C(=O)C=CC3=O)cc2)C(=O)O)cs1)C(C)C. The van der Waals surface area contributed by atoms with Crippen LogP contribution in [0.2, 0.25) is 0 Å². The number of unbranched alkanes of at least 4 members (excludes halogenated alkanes) is 3. The van der Waals surface area contributed by atoms with E-state index in [0.717, 1.165) is 32.2 Å². The van der Waals surface area contributed by atoms with Crippen LogP contribution in [0.15, 0.2) is 41.8 Å². The fourth-order valence-electron chi connectivity index (χ4n) is 9.38.